The zero-order valence-electron chi connectivity index (χ0n) is 19.5. The van der Waals surface area contributed by atoms with Crippen LogP contribution in [0.25, 0.3) is 0 Å². The zero-order valence-corrected chi connectivity index (χ0v) is 20.4. The Labute approximate surface area is 198 Å². The van der Waals surface area contributed by atoms with Crippen LogP contribution < -0.4 is 5.32 Å². The van der Waals surface area contributed by atoms with Crippen LogP contribution in [0.15, 0.2) is 53.4 Å². The van der Waals surface area contributed by atoms with Gasteiger partial charge in [-0.2, -0.15) is 0 Å². The summed E-state index contributed by atoms with van der Waals surface area (Å²) in [6.45, 7) is 6.32. The molecule has 0 fully saturated rings. The molecule has 1 heterocycles. The summed E-state index contributed by atoms with van der Waals surface area (Å²) in [5.74, 6) is -2.26. The van der Waals surface area contributed by atoms with Crippen LogP contribution in [0, 0.1) is 5.82 Å². The van der Waals surface area contributed by atoms with E-state index in [1.807, 2.05) is 0 Å². The maximum absolute atomic E-state index is 14.3. The Morgan fingerprint density at radius 2 is 1.71 bits per heavy atom. The highest BCUT2D eigenvalue weighted by Gasteiger charge is 2.41. The fraction of sp³-hybridized carbons (Fsp3) is 0.375. The number of nitrogens with one attached hydrogen (secondary N) is 1. The van der Waals surface area contributed by atoms with Crippen LogP contribution in [-0.4, -0.2) is 53.5 Å². The summed E-state index contributed by atoms with van der Waals surface area (Å²) < 4.78 is 40.5. The molecule has 1 N–H and O–H groups in total. The number of nitrogens with zero attached hydrogens (tertiary/aromatic N) is 2. The fourth-order valence-electron chi connectivity index (χ4n) is 3.66. The molecule has 10 heteroatoms. The molecule has 3 rings (SSSR count). The van der Waals surface area contributed by atoms with E-state index in [9.17, 15) is 27.2 Å². The normalized spacial score (nSPS) is 15.6. The summed E-state index contributed by atoms with van der Waals surface area (Å²) in [6.07, 6.45) is -0.361. The predicted molar refractivity (Wildman–Crippen MR) is 124 cm³/mol. The second kappa shape index (κ2) is 9.54. The highest BCUT2D eigenvalue weighted by Crippen LogP contribution is 2.30. The molecule has 182 valence electrons. The van der Waals surface area contributed by atoms with E-state index in [0.29, 0.717) is 4.31 Å². The van der Waals surface area contributed by atoms with Crippen molar-refractivity contribution in [1.29, 1.82) is 0 Å². The van der Waals surface area contributed by atoms with Crippen LogP contribution in [0.4, 0.5) is 4.39 Å². The molecule has 2 aromatic carbocycles. The lowest BCUT2D eigenvalue weighted by Crippen LogP contribution is -2.52. The molecular formula is C24H28FN3O5S. The van der Waals surface area contributed by atoms with Crippen molar-refractivity contribution in [1.82, 2.24) is 14.5 Å². The van der Waals surface area contributed by atoms with Crippen molar-refractivity contribution < 1.29 is 27.2 Å². The van der Waals surface area contributed by atoms with Gasteiger partial charge in [-0.15, -0.1) is 0 Å². The van der Waals surface area contributed by atoms with Crippen LogP contribution >= 0.6 is 0 Å². The minimum Gasteiger partial charge on any atom is -0.350 e. The average Bonchev–Trinajstić information content (AvgIpc) is 2.95. The van der Waals surface area contributed by atoms with Gasteiger partial charge in [0.1, 0.15) is 16.8 Å². The van der Waals surface area contributed by atoms with E-state index in [-0.39, 0.29) is 29.0 Å². The Hall–Kier alpha value is -3.27. The lowest BCUT2D eigenvalue weighted by molar-refractivity contribution is -0.141. The molecule has 34 heavy (non-hydrogen) atoms. The van der Waals surface area contributed by atoms with Gasteiger partial charge in [-0.3, -0.25) is 14.4 Å². The van der Waals surface area contributed by atoms with Gasteiger partial charge in [0.25, 0.3) is 15.9 Å². The van der Waals surface area contributed by atoms with Crippen molar-refractivity contribution in [3.63, 3.8) is 0 Å². The van der Waals surface area contributed by atoms with Gasteiger partial charge in [-0.25, -0.2) is 17.1 Å². The van der Waals surface area contributed by atoms with Crippen LogP contribution in [0.2, 0.25) is 0 Å². The van der Waals surface area contributed by atoms with E-state index < -0.39 is 51.7 Å². The predicted octanol–water partition coefficient (Wildman–Crippen LogP) is 2.69. The van der Waals surface area contributed by atoms with E-state index in [0.717, 1.165) is 0 Å². The molecule has 0 radical (unpaired) electrons. The molecule has 1 aliphatic rings. The second-order valence-corrected chi connectivity index (χ2v) is 11.0. The number of benzene rings is 2. The van der Waals surface area contributed by atoms with E-state index in [2.05, 4.69) is 5.32 Å². The van der Waals surface area contributed by atoms with Crippen molar-refractivity contribution >= 4 is 27.7 Å². The fourth-order valence-corrected chi connectivity index (χ4v) is 5.23. The number of hydrogen-bond donors (Lipinski definition) is 1. The molecule has 1 atom stereocenters. The third-order valence-electron chi connectivity index (χ3n) is 5.40. The first kappa shape index (κ1) is 25.4. The van der Waals surface area contributed by atoms with Gasteiger partial charge in [-0.1, -0.05) is 30.3 Å². The molecular weight excluding hydrogens is 461 g/mol. The number of carbonyl (C=O) groups excluding carboxylic acids is 3. The van der Waals surface area contributed by atoms with Crippen molar-refractivity contribution in [2.45, 2.75) is 57.1 Å². The Morgan fingerprint density at radius 1 is 1.09 bits per heavy atom. The van der Waals surface area contributed by atoms with Gasteiger partial charge in [0.05, 0.1) is 5.56 Å². The number of hydrogen-bond acceptors (Lipinski definition) is 5. The molecule has 2 aromatic rings. The highest BCUT2D eigenvalue weighted by molar-refractivity contribution is 7.90. The average molecular weight is 490 g/mol. The summed E-state index contributed by atoms with van der Waals surface area (Å²) in [4.78, 5) is 39.7. The quantitative estimate of drug-likeness (QED) is 0.644. The van der Waals surface area contributed by atoms with E-state index in [4.69, 9.17) is 0 Å². The third-order valence-corrected chi connectivity index (χ3v) is 7.25. The van der Waals surface area contributed by atoms with Gasteiger partial charge in [0.2, 0.25) is 11.8 Å². The molecule has 3 amide bonds. The van der Waals surface area contributed by atoms with Gasteiger partial charge in [0.15, 0.2) is 0 Å². The van der Waals surface area contributed by atoms with Crippen molar-refractivity contribution in [3.8, 4) is 0 Å². The minimum atomic E-state index is -4.07. The minimum absolute atomic E-state index is 0.0519. The van der Waals surface area contributed by atoms with Crippen LogP contribution in [0.5, 0.6) is 0 Å². The van der Waals surface area contributed by atoms with Crippen molar-refractivity contribution in [2.75, 3.05) is 6.54 Å². The van der Waals surface area contributed by atoms with Gasteiger partial charge >= 0.3 is 0 Å². The molecule has 0 bridgehead atoms. The highest BCUT2D eigenvalue weighted by atomic mass is 32.2. The largest absolute Gasteiger partial charge is 0.350 e. The van der Waals surface area contributed by atoms with Crippen LogP contribution in [-0.2, 0) is 26.2 Å². The van der Waals surface area contributed by atoms with Crippen LogP contribution in [0.3, 0.4) is 0 Å². The first-order chi connectivity index (χ1) is 15.8. The number of carbonyl (C=O) groups is 3. The maximum atomic E-state index is 14.3. The number of rotatable bonds is 7. The van der Waals surface area contributed by atoms with Crippen LogP contribution in [0.1, 0.15) is 50.0 Å². The van der Waals surface area contributed by atoms with Gasteiger partial charge < -0.3 is 10.2 Å². The van der Waals surface area contributed by atoms with Crippen molar-refractivity contribution in [2.24, 2.45) is 0 Å². The van der Waals surface area contributed by atoms with E-state index in [1.165, 1.54) is 48.2 Å². The summed E-state index contributed by atoms with van der Waals surface area (Å²) in [7, 11) is -4.07. The summed E-state index contributed by atoms with van der Waals surface area (Å²) in [5.41, 5.74) is -0.292. The Morgan fingerprint density at radius 3 is 2.32 bits per heavy atom. The lowest BCUT2D eigenvalue weighted by atomic mass is 10.1. The lowest BCUT2D eigenvalue weighted by Gasteiger charge is -2.32. The standard InChI is InChI=1S/C24H28FN3O5S/c1-16(22(30)26-24(2,3)4)27(15-17-9-5-7-11-19(17)25)21(29)13-14-28-23(31)18-10-6-8-12-20(18)34(28,32)33/h5-12,16H,13-15H2,1-4H3,(H,26,30)/t16-/m0/s1. The smallest absolute Gasteiger partial charge is 0.269 e. The Kier molecular flexibility index (Phi) is 7.11. The Balaban J connectivity index is 1.82. The topological polar surface area (TPSA) is 104 Å². The second-order valence-electron chi connectivity index (χ2n) is 9.16. The number of halogens is 1. The summed E-state index contributed by atoms with van der Waals surface area (Å²) >= 11 is 0. The maximum Gasteiger partial charge on any atom is 0.269 e. The Bertz CT molecular complexity index is 1220. The van der Waals surface area contributed by atoms with Crippen molar-refractivity contribution in [3.05, 3.63) is 65.5 Å². The number of fused-ring (bicyclic) bond motifs is 1. The zero-order chi connectivity index (χ0) is 25.3. The molecule has 0 saturated heterocycles. The summed E-state index contributed by atoms with van der Waals surface area (Å²) in [6, 6.07) is 10.8. The molecule has 8 nitrogen and oxygen atoms in total. The van der Waals surface area contributed by atoms with Gasteiger partial charge in [-0.05, 0) is 45.9 Å². The monoisotopic (exact) mass is 489 g/mol. The number of amides is 3. The molecule has 0 saturated carbocycles. The molecule has 1 aliphatic heterocycles. The first-order valence-electron chi connectivity index (χ1n) is 10.8. The molecule has 0 aliphatic carbocycles. The molecule has 0 aromatic heterocycles. The molecule has 0 spiro atoms. The summed E-state index contributed by atoms with van der Waals surface area (Å²) in [5, 5.41) is 2.80. The van der Waals surface area contributed by atoms with E-state index in [1.54, 1.807) is 32.9 Å². The van der Waals surface area contributed by atoms with Gasteiger partial charge in [0, 0.05) is 30.6 Å². The molecule has 0 unspecified atom stereocenters. The van der Waals surface area contributed by atoms with E-state index >= 15 is 0 Å². The first-order valence-corrected chi connectivity index (χ1v) is 12.3. The SMILES string of the molecule is C[C@@H](C(=O)NC(C)(C)C)N(Cc1ccccc1F)C(=O)CCN1C(=O)c2ccccc2S1(=O)=O. The third kappa shape index (κ3) is 5.27. The number of sulfonamides is 1.